The second-order valence-corrected chi connectivity index (χ2v) is 6.97. The van der Waals surface area contributed by atoms with E-state index in [1.807, 2.05) is 19.1 Å². The Morgan fingerprint density at radius 1 is 1.37 bits per heavy atom. The Morgan fingerprint density at radius 2 is 2.11 bits per heavy atom. The van der Waals surface area contributed by atoms with Gasteiger partial charge in [0.25, 0.3) is 0 Å². The fourth-order valence-corrected chi connectivity index (χ4v) is 4.69. The van der Waals surface area contributed by atoms with Gasteiger partial charge in [0, 0.05) is 12.6 Å². The molecule has 1 unspecified atom stereocenters. The number of rotatable bonds is 5. The van der Waals surface area contributed by atoms with E-state index in [0.29, 0.717) is 18.0 Å². The average molecular weight is 282 g/mol. The normalized spacial score (nSPS) is 20.8. The van der Waals surface area contributed by atoms with E-state index >= 15 is 0 Å². The summed E-state index contributed by atoms with van der Waals surface area (Å²) in [5, 5.41) is 0. The molecule has 0 amide bonds. The third kappa shape index (κ3) is 2.99. The highest BCUT2D eigenvalue weighted by Crippen LogP contribution is 2.29. The van der Waals surface area contributed by atoms with Crippen LogP contribution < -0.4 is 5.73 Å². The highest BCUT2D eigenvalue weighted by atomic mass is 32.2. The van der Waals surface area contributed by atoms with Crippen molar-refractivity contribution < 1.29 is 8.42 Å². The van der Waals surface area contributed by atoms with Gasteiger partial charge in [0.1, 0.15) is 0 Å². The van der Waals surface area contributed by atoms with E-state index in [0.717, 1.165) is 31.2 Å². The number of nitrogens with two attached hydrogens (primary N) is 1. The van der Waals surface area contributed by atoms with E-state index in [2.05, 4.69) is 0 Å². The Bertz CT molecular complexity index is 528. The number of hydrogen-bond donors (Lipinski definition) is 1. The van der Waals surface area contributed by atoms with Crippen molar-refractivity contribution in [1.29, 1.82) is 0 Å². The SMILES string of the molecule is Cc1ccccc1S(=O)(=O)N1CCCC1CCCN. The minimum atomic E-state index is -3.36. The lowest BCUT2D eigenvalue weighted by atomic mass is 10.1. The standard InChI is InChI=1S/C14H22N2O2S/c1-12-6-2-3-9-14(12)19(17,18)16-11-5-8-13(16)7-4-10-15/h2-3,6,9,13H,4-5,7-8,10-11,15H2,1H3. The van der Waals surface area contributed by atoms with Crippen LogP contribution in [0.3, 0.4) is 0 Å². The van der Waals surface area contributed by atoms with Gasteiger partial charge in [0.15, 0.2) is 0 Å². The molecule has 1 atom stereocenters. The summed E-state index contributed by atoms with van der Waals surface area (Å²) in [7, 11) is -3.36. The zero-order valence-electron chi connectivity index (χ0n) is 11.4. The molecule has 1 aliphatic heterocycles. The molecule has 2 N–H and O–H groups in total. The molecule has 5 heteroatoms. The third-order valence-corrected chi connectivity index (χ3v) is 5.86. The molecule has 0 spiro atoms. The monoisotopic (exact) mass is 282 g/mol. The Balaban J connectivity index is 2.26. The molecule has 0 aliphatic carbocycles. The van der Waals surface area contributed by atoms with Gasteiger partial charge in [0.05, 0.1) is 4.90 Å². The second kappa shape index (κ2) is 6.03. The number of benzene rings is 1. The van der Waals surface area contributed by atoms with Crippen LogP contribution in [-0.2, 0) is 10.0 Å². The lowest BCUT2D eigenvalue weighted by molar-refractivity contribution is 0.365. The van der Waals surface area contributed by atoms with Gasteiger partial charge >= 0.3 is 0 Å². The van der Waals surface area contributed by atoms with Gasteiger partial charge in [0.2, 0.25) is 10.0 Å². The third-order valence-electron chi connectivity index (χ3n) is 3.74. The molecular weight excluding hydrogens is 260 g/mol. The van der Waals surface area contributed by atoms with Crippen LogP contribution >= 0.6 is 0 Å². The molecule has 1 fully saturated rings. The van der Waals surface area contributed by atoms with Crippen molar-refractivity contribution >= 4 is 10.0 Å². The van der Waals surface area contributed by atoms with Crippen LogP contribution in [0.4, 0.5) is 0 Å². The quantitative estimate of drug-likeness (QED) is 0.897. The largest absolute Gasteiger partial charge is 0.330 e. The summed E-state index contributed by atoms with van der Waals surface area (Å²) in [6.45, 7) is 3.10. The molecule has 0 saturated carbocycles. The number of hydrogen-bond acceptors (Lipinski definition) is 3. The fourth-order valence-electron chi connectivity index (χ4n) is 2.74. The predicted octanol–water partition coefficient (Wildman–Crippen LogP) is 1.89. The van der Waals surface area contributed by atoms with E-state index in [-0.39, 0.29) is 6.04 Å². The van der Waals surface area contributed by atoms with E-state index < -0.39 is 10.0 Å². The molecule has 0 bridgehead atoms. The van der Waals surface area contributed by atoms with Gasteiger partial charge in [-0.05, 0) is 50.8 Å². The van der Waals surface area contributed by atoms with E-state index in [9.17, 15) is 8.42 Å². The molecule has 2 rings (SSSR count). The van der Waals surface area contributed by atoms with E-state index in [1.54, 1.807) is 16.4 Å². The number of sulfonamides is 1. The maximum Gasteiger partial charge on any atom is 0.243 e. The van der Waals surface area contributed by atoms with Crippen molar-refractivity contribution in [1.82, 2.24) is 4.31 Å². The average Bonchev–Trinajstić information content (AvgIpc) is 2.85. The van der Waals surface area contributed by atoms with Crippen LogP contribution in [0.1, 0.15) is 31.2 Å². The Morgan fingerprint density at radius 3 is 2.79 bits per heavy atom. The summed E-state index contributed by atoms with van der Waals surface area (Å²) in [6, 6.07) is 7.31. The van der Waals surface area contributed by atoms with Crippen LogP contribution in [0.5, 0.6) is 0 Å². The molecule has 4 nitrogen and oxygen atoms in total. The van der Waals surface area contributed by atoms with Gasteiger partial charge < -0.3 is 5.73 Å². The molecule has 1 heterocycles. The Kier molecular flexibility index (Phi) is 4.60. The van der Waals surface area contributed by atoms with Crippen LogP contribution in [-0.4, -0.2) is 31.9 Å². The van der Waals surface area contributed by atoms with Crippen molar-refractivity contribution in [3.63, 3.8) is 0 Å². The highest BCUT2D eigenvalue weighted by molar-refractivity contribution is 7.89. The molecule has 106 valence electrons. The van der Waals surface area contributed by atoms with Gasteiger partial charge in [-0.3, -0.25) is 0 Å². The van der Waals surface area contributed by atoms with Crippen molar-refractivity contribution in [3.05, 3.63) is 29.8 Å². The summed E-state index contributed by atoms with van der Waals surface area (Å²) in [4.78, 5) is 0.439. The maximum atomic E-state index is 12.7. The summed E-state index contributed by atoms with van der Waals surface area (Å²) in [5.74, 6) is 0. The van der Waals surface area contributed by atoms with Gasteiger partial charge in [-0.1, -0.05) is 18.2 Å². The predicted molar refractivity (Wildman–Crippen MR) is 76.4 cm³/mol. The second-order valence-electron chi connectivity index (χ2n) is 5.11. The van der Waals surface area contributed by atoms with Crippen molar-refractivity contribution in [2.45, 2.75) is 43.5 Å². The van der Waals surface area contributed by atoms with Gasteiger partial charge in [-0.25, -0.2) is 8.42 Å². The first-order valence-corrected chi connectivity index (χ1v) is 8.29. The molecule has 1 aromatic rings. The minimum absolute atomic E-state index is 0.119. The summed E-state index contributed by atoms with van der Waals surface area (Å²) in [5.41, 5.74) is 6.34. The smallest absolute Gasteiger partial charge is 0.243 e. The molecule has 0 aromatic heterocycles. The molecule has 1 saturated heterocycles. The van der Waals surface area contributed by atoms with Crippen LogP contribution in [0.2, 0.25) is 0 Å². The lowest BCUT2D eigenvalue weighted by Crippen LogP contribution is -2.36. The van der Waals surface area contributed by atoms with Crippen molar-refractivity contribution in [3.8, 4) is 0 Å². The molecule has 19 heavy (non-hydrogen) atoms. The Hall–Kier alpha value is -0.910. The van der Waals surface area contributed by atoms with Crippen molar-refractivity contribution in [2.24, 2.45) is 5.73 Å². The highest BCUT2D eigenvalue weighted by Gasteiger charge is 2.35. The van der Waals surface area contributed by atoms with E-state index in [1.165, 1.54) is 0 Å². The number of nitrogens with zero attached hydrogens (tertiary/aromatic N) is 1. The summed E-state index contributed by atoms with van der Waals surface area (Å²) >= 11 is 0. The summed E-state index contributed by atoms with van der Waals surface area (Å²) in [6.07, 6.45) is 3.64. The van der Waals surface area contributed by atoms with E-state index in [4.69, 9.17) is 5.73 Å². The van der Waals surface area contributed by atoms with Crippen LogP contribution in [0, 0.1) is 6.92 Å². The van der Waals surface area contributed by atoms with Crippen LogP contribution in [0.25, 0.3) is 0 Å². The first-order chi connectivity index (χ1) is 9.07. The Labute approximate surface area is 115 Å². The van der Waals surface area contributed by atoms with Gasteiger partial charge in [-0.2, -0.15) is 4.31 Å². The summed E-state index contributed by atoms with van der Waals surface area (Å²) < 4.78 is 27.1. The first-order valence-electron chi connectivity index (χ1n) is 6.85. The van der Waals surface area contributed by atoms with Crippen LogP contribution in [0.15, 0.2) is 29.2 Å². The van der Waals surface area contributed by atoms with Crippen molar-refractivity contribution in [2.75, 3.05) is 13.1 Å². The molecule has 1 aromatic carbocycles. The fraction of sp³-hybridized carbons (Fsp3) is 0.571. The lowest BCUT2D eigenvalue weighted by Gasteiger charge is -2.24. The maximum absolute atomic E-state index is 12.7. The topological polar surface area (TPSA) is 63.4 Å². The van der Waals surface area contributed by atoms with Gasteiger partial charge in [-0.15, -0.1) is 0 Å². The zero-order chi connectivity index (χ0) is 13.9. The number of aryl methyl sites for hydroxylation is 1. The minimum Gasteiger partial charge on any atom is -0.330 e. The zero-order valence-corrected chi connectivity index (χ0v) is 12.2. The molecule has 0 radical (unpaired) electrons. The first kappa shape index (κ1) is 14.5. The molecular formula is C14H22N2O2S. The molecule has 1 aliphatic rings.